The Hall–Kier alpha value is -0.660. The molecule has 0 amide bonds. The molecule has 1 atom stereocenters. The number of amidine groups is 1. The number of hydrogen-bond acceptors (Lipinski definition) is 5. The first-order chi connectivity index (χ1) is 4.61. The molecule has 0 bridgehead atoms. The Morgan fingerprint density at radius 2 is 2.50 bits per heavy atom. The normalized spacial score (nSPS) is 27.7. The molecule has 5 N–H and O–H groups in total. The van der Waals surface area contributed by atoms with Gasteiger partial charge < -0.3 is 5.21 Å². The van der Waals surface area contributed by atoms with Crippen LogP contribution in [-0.4, -0.2) is 11.1 Å². The SMILES string of the molecule is N=C1C=C(Cl)NN(N)[NH+]1[O-]. The van der Waals surface area contributed by atoms with Crippen molar-refractivity contribution < 1.29 is 5.17 Å². The fourth-order valence-corrected chi connectivity index (χ4v) is 0.717. The second-order valence-corrected chi connectivity index (χ2v) is 2.10. The Labute approximate surface area is 61.8 Å². The van der Waals surface area contributed by atoms with E-state index < -0.39 is 5.17 Å². The molecule has 0 radical (unpaired) electrons. The Balaban J connectivity index is 2.79. The molecule has 0 saturated carbocycles. The van der Waals surface area contributed by atoms with Crippen molar-refractivity contribution in [1.82, 2.24) is 10.7 Å². The van der Waals surface area contributed by atoms with Gasteiger partial charge in [-0.25, -0.2) is 21.8 Å². The van der Waals surface area contributed by atoms with Crippen LogP contribution in [0.2, 0.25) is 0 Å². The summed E-state index contributed by atoms with van der Waals surface area (Å²) in [5.41, 5.74) is 2.31. The fourth-order valence-electron chi connectivity index (χ4n) is 0.516. The van der Waals surface area contributed by atoms with Crippen molar-refractivity contribution in [1.29, 1.82) is 5.41 Å². The first kappa shape index (κ1) is 7.45. The van der Waals surface area contributed by atoms with Gasteiger partial charge in [0.05, 0.1) is 6.08 Å². The van der Waals surface area contributed by atoms with Gasteiger partial charge in [-0.3, -0.25) is 0 Å². The molecule has 1 heterocycles. The van der Waals surface area contributed by atoms with Crippen molar-refractivity contribution in [2.24, 2.45) is 5.84 Å². The van der Waals surface area contributed by atoms with Gasteiger partial charge in [0.2, 0.25) is 5.84 Å². The van der Waals surface area contributed by atoms with Crippen LogP contribution >= 0.6 is 11.6 Å². The van der Waals surface area contributed by atoms with Crippen LogP contribution in [0.25, 0.3) is 0 Å². The summed E-state index contributed by atoms with van der Waals surface area (Å²) in [6, 6.07) is 0. The molecule has 7 heteroatoms. The highest BCUT2D eigenvalue weighted by Gasteiger charge is 2.18. The van der Waals surface area contributed by atoms with Crippen molar-refractivity contribution in [2.75, 3.05) is 0 Å². The molecule has 0 fully saturated rings. The van der Waals surface area contributed by atoms with Gasteiger partial charge in [-0.2, -0.15) is 0 Å². The predicted molar refractivity (Wildman–Crippen MR) is 35.2 cm³/mol. The summed E-state index contributed by atoms with van der Waals surface area (Å²) in [6.45, 7) is 0. The van der Waals surface area contributed by atoms with Gasteiger partial charge in [0, 0.05) is 5.23 Å². The minimum atomic E-state index is -0.607. The van der Waals surface area contributed by atoms with Gasteiger partial charge in [-0.05, 0) is 0 Å². The maximum atomic E-state index is 10.7. The van der Waals surface area contributed by atoms with Gasteiger partial charge in [-0.1, -0.05) is 11.6 Å². The molecule has 1 aliphatic rings. The number of hydrazine groups is 2. The van der Waals surface area contributed by atoms with Gasteiger partial charge in [0.1, 0.15) is 5.16 Å². The van der Waals surface area contributed by atoms with Gasteiger partial charge in [-0.15, -0.1) is 0 Å². The third kappa shape index (κ3) is 1.25. The highest BCUT2D eigenvalue weighted by atomic mass is 35.5. The van der Waals surface area contributed by atoms with E-state index in [1.807, 2.05) is 0 Å². The topological polar surface area (TPSA) is 92.6 Å². The average Bonchev–Trinajstić information content (AvgIpc) is 1.82. The number of nitrogens with one attached hydrogen (secondary N) is 3. The van der Waals surface area contributed by atoms with Crippen LogP contribution in [0.1, 0.15) is 0 Å². The summed E-state index contributed by atoms with van der Waals surface area (Å²) < 4.78 is 0. The molecule has 0 spiro atoms. The zero-order valence-corrected chi connectivity index (χ0v) is 5.64. The molecule has 0 aromatic rings. The molecule has 0 aromatic heterocycles. The largest absolute Gasteiger partial charge is 0.604 e. The van der Waals surface area contributed by atoms with E-state index in [0.717, 1.165) is 0 Å². The zero-order chi connectivity index (χ0) is 7.72. The summed E-state index contributed by atoms with van der Waals surface area (Å²) in [4.78, 5) is 0. The zero-order valence-electron chi connectivity index (χ0n) is 4.89. The Kier molecular flexibility index (Phi) is 1.88. The van der Waals surface area contributed by atoms with E-state index in [-0.39, 0.29) is 11.0 Å². The molecule has 0 aromatic carbocycles. The van der Waals surface area contributed by atoms with Crippen LogP contribution in [-0.2, 0) is 0 Å². The molecule has 1 aliphatic heterocycles. The summed E-state index contributed by atoms with van der Waals surface area (Å²) in [5.74, 6) is 4.84. The number of rotatable bonds is 0. The summed E-state index contributed by atoms with van der Waals surface area (Å²) >= 11 is 5.41. The monoisotopic (exact) mass is 163 g/mol. The quantitative estimate of drug-likeness (QED) is 0.190. The van der Waals surface area contributed by atoms with E-state index in [1.54, 1.807) is 0 Å². The number of hydrogen-bond donors (Lipinski definition) is 4. The number of quaternary nitrogens is 1. The summed E-state index contributed by atoms with van der Waals surface area (Å²) in [5, 5.41) is 17.9. The third-order valence-electron chi connectivity index (χ3n) is 0.948. The van der Waals surface area contributed by atoms with Crippen LogP contribution in [0.5, 0.6) is 0 Å². The van der Waals surface area contributed by atoms with Gasteiger partial charge in [0.25, 0.3) is 0 Å². The lowest BCUT2D eigenvalue weighted by atomic mass is 10.5. The number of nitrogens with zero attached hydrogens (tertiary/aromatic N) is 1. The number of nitrogens with two attached hydrogens (primary N) is 1. The average molecular weight is 164 g/mol. The van der Waals surface area contributed by atoms with Crippen molar-refractivity contribution >= 4 is 17.4 Å². The fraction of sp³-hybridized carbons (Fsp3) is 0. The Morgan fingerprint density at radius 1 is 1.90 bits per heavy atom. The highest BCUT2D eigenvalue weighted by molar-refractivity contribution is 6.30. The molecule has 1 unspecified atom stereocenters. The predicted octanol–water partition coefficient (Wildman–Crippen LogP) is -1.96. The smallest absolute Gasteiger partial charge is 0.244 e. The first-order valence-corrected chi connectivity index (χ1v) is 2.80. The lowest BCUT2D eigenvalue weighted by Gasteiger charge is -2.31. The van der Waals surface area contributed by atoms with E-state index >= 15 is 0 Å². The maximum Gasteiger partial charge on any atom is 0.244 e. The molecular weight excluding hydrogens is 158 g/mol. The van der Waals surface area contributed by atoms with Gasteiger partial charge >= 0.3 is 0 Å². The second-order valence-electron chi connectivity index (χ2n) is 1.69. The van der Waals surface area contributed by atoms with Crippen LogP contribution < -0.4 is 16.4 Å². The van der Waals surface area contributed by atoms with Crippen LogP contribution in [0.3, 0.4) is 0 Å². The van der Waals surface area contributed by atoms with Crippen molar-refractivity contribution in [2.45, 2.75) is 0 Å². The lowest BCUT2D eigenvalue weighted by molar-refractivity contribution is -0.901. The molecule has 56 valence electrons. The molecule has 1 rings (SSSR count). The van der Waals surface area contributed by atoms with E-state index in [2.05, 4.69) is 5.43 Å². The van der Waals surface area contributed by atoms with E-state index in [4.69, 9.17) is 22.9 Å². The van der Waals surface area contributed by atoms with E-state index in [9.17, 15) is 5.21 Å². The van der Waals surface area contributed by atoms with E-state index in [1.165, 1.54) is 6.08 Å². The highest BCUT2D eigenvalue weighted by Crippen LogP contribution is 1.95. The molecule has 10 heavy (non-hydrogen) atoms. The van der Waals surface area contributed by atoms with Crippen molar-refractivity contribution in [3.63, 3.8) is 0 Å². The molecule has 6 nitrogen and oxygen atoms in total. The number of halogens is 1. The third-order valence-corrected chi connectivity index (χ3v) is 1.14. The standard InChI is InChI=1S/C3H6ClN5O/c4-2-1-3(5)8(10)9(6)7-2/h1,5,7-8H,6H2. The molecule has 0 saturated heterocycles. The Bertz CT molecular complexity index is 191. The second kappa shape index (κ2) is 2.52. The Morgan fingerprint density at radius 3 is 3.00 bits per heavy atom. The maximum absolute atomic E-state index is 10.7. The van der Waals surface area contributed by atoms with E-state index in [0.29, 0.717) is 5.23 Å². The van der Waals surface area contributed by atoms with Crippen molar-refractivity contribution in [3.05, 3.63) is 16.4 Å². The minimum absolute atomic E-state index is 0.159. The van der Waals surface area contributed by atoms with Crippen LogP contribution in [0.15, 0.2) is 11.2 Å². The van der Waals surface area contributed by atoms with Gasteiger partial charge in [0.15, 0.2) is 0 Å². The lowest BCUT2D eigenvalue weighted by Crippen LogP contribution is -3.19. The minimum Gasteiger partial charge on any atom is -0.604 e. The summed E-state index contributed by atoms with van der Waals surface area (Å²) in [6.07, 6.45) is 1.19. The van der Waals surface area contributed by atoms with Crippen molar-refractivity contribution in [3.8, 4) is 0 Å². The number of hydroxylamine groups is 1. The summed E-state index contributed by atoms with van der Waals surface area (Å²) in [7, 11) is 0. The van der Waals surface area contributed by atoms with Crippen LogP contribution in [0.4, 0.5) is 0 Å². The first-order valence-electron chi connectivity index (χ1n) is 2.43. The van der Waals surface area contributed by atoms with Crippen LogP contribution in [0, 0.1) is 10.6 Å². The molecule has 0 aliphatic carbocycles. The molecular formula is C3H6ClN5O.